The Morgan fingerprint density at radius 1 is 0.606 bits per heavy atom. The Kier molecular flexibility index (Phi) is 6.66. The van der Waals surface area contributed by atoms with Crippen LogP contribution in [0.15, 0.2) is 103 Å². The molecular weight excluding hydrogens is 416 g/mol. The van der Waals surface area contributed by atoms with Gasteiger partial charge in [0.15, 0.2) is 0 Å². The molecule has 0 aromatic heterocycles. The van der Waals surface area contributed by atoms with Crippen LogP contribution in [0.2, 0.25) is 0 Å². The van der Waals surface area contributed by atoms with Gasteiger partial charge in [-0.2, -0.15) is 0 Å². The summed E-state index contributed by atoms with van der Waals surface area (Å²) in [5.41, 5.74) is 1.70. The van der Waals surface area contributed by atoms with Gasteiger partial charge in [-0.3, -0.25) is 9.59 Å². The third kappa shape index (κ3) is 5.37. The van der Waals surface area contributed by atoms with Gasteiger partial charge < -0.3 is 20.1 Å². The van der Waals surface area contributed by atoms with Gasteiger partial charge in [-0.1, -0.05) is 42.5 Å². The lowest BCUT2D eigenvalue weighted by molar-refractivity contribution is 0.102. The van der Waals surface area contributed by atoms with E-state index in [1.165, 1.54) is 0 Å². The Hall–Kier alpha value is -4.58. The van der Waals surface area contributed by atoms with Crippen molar-refractivity contribution in [1.82, 2.24) is 0 Å². The fourth-order valence-corrected chi connectivity index (χ4v) is 3.21. The fraction of sp³-hybridized carbons (Fsp3) is 0.0370. The number of nitrogens with one attached hydrogen (secondary N) is 2. The van der Waals surface area contributed by atoms with Crippen LogP contribution in [0, 0.1) is 0 Å². The molecule has 2 N–H and O–H groups in total. The Labute approximate surface area is 191 Å². The van der Waals surface area contributed by atoms with E-state index < -0.39 is 0 Å². The van der Waals surface area contributed by atoms with Crippen LogP contribution in [0.4, 0.5) is 11.4 Å². The summed E-state index contributed by atoms with van der Waals surface area (Å²) >= 11 is 0. The highest BCUT2D eigenvalue weighted by atomic mass is 16.5. The molecule has 0 heterocycles. The zero-order valence-electron chi connectivity index (χ0n) is 17.9. The van der Waals surface area contributed by atoms with Crippen LogP contribution < -0.4 is 20.1 Å². The van der Waals surface area contributed by atoms with Crippen LogP contribution in [0.5, 0.6) is 17.2 Å². The lowest BCUT2D eigenvalue weighted by Gasteiger charge is -2.14. The van der Waals surface area contributed by atoms with Gasteiger partial charge in [0, 0.05) is 5.69 Å². The number of rotatable bonds is 7. The summed E-state index contributed by atoms with van der Waals surface area (Å²) in [5, 5.41) is 5.67. The van der Waals surface area contributed by atoms with Crippen molar-refractivity contribution in [2.24, 2.45) is 0 Å². The van der Waals surface area contributed by atoms with Crippen molar-refractivity contribution < 1.29 is 19.1 Å². The van der Waals surface area contributed by atoms with Crippen LogP contribution in [-0.4, -0.2) is 18.9 Å². The molecule has 2 amide bonds. The lowest BCUT2D eigenvalue weighted by Crippen LogP contribution is -2.18. The minimum Gasteiger partial charge on any atom is -0.497 e. The number of para-hydroxylation sites is 3. The first-order valence-electron chi connectivity index (χ1n) is 10.3. The summed E-state index contributed by atoms with van der Waals surface area (Å²) in [6.45, 7) is 0. The summed E-state index contributed by atoms with van der Waals surface area (Å²) in [7, 11) is 1.58. The van der Waals surface area contributed by atoms with E-state index >= 15 is 0 Å². The molecule has 0 unspecified atom stereocenters. The molecular formula is C27H22N2O4. The maximum atomic E-state index is 13.1. The van der Waals surface area contributed by atoms with Crippen LogP contribution in [-0.2, 0) is 0 Å². The highest BCUT2D eigenvalue weighted by Gasteiger charge is 2.17. The van der Waals surface area contributed by atoms with E-state index in [0.29, 0.717) is 39.8 Å². The molecule has 6 nitrogen and oxygen atoms in total. The molecule has 4 aromatic carbocycles. The Morgan fingerprint density at radius 3 is 1.94 bits per heavy atom. The molecule has 4 aromatic rings. The second-order valence-electron chi connectivity index (χ2n) is 7.09. The standard InChI is InChI=1S/C27H22N2O4/c1-32-20-17-15-19(16-18-20)28-26(30)22-11-5-7-13-24(22)29-27(31)23-12-6-8-14-25(23)33-21-9-3-2-4-10-21/h2-18H,1H3,(H,28,30)(H,29,31). The Morgan fingerprint density at radius 2 is 1.21 bits per heavy atom. The average Bonchev–Trinajstić information content (AvgIpc) is 2.86. The maximum absolute atomic E-state index is 13.1. The normalized spacial score (nSPS) is 10.2. The highest BCUT2D eigenvalue weighted by Crippen LogP contribution is 2.27. The SMILES string of the molecule is COc1ccc(NC(=O)c2ccccc2NC(=O)c2ccccc2Oc2ccccc2)cc1. The fourth-order valence-electron chi connectivity index (χ4n) is 3.21. The van der Waals surface area contributed by atoms with E-state index in [0.717, 1.165) is 0 Å². The average molecular weight is 438 g/mol. The maximum Gasteiger partial charge on any atom is 0.259 e. The second-order valence-corrected chi connectivity index (χ2v) is 7.09. The van der Waals surface area contributed by atoms with Crippen molar-refractivity contribution in [2.75, 3.05) is 17.7 Å². The van der Waals surface area contributed by atoms with Crippen molar-refractivity contribution in [1.29, 1.82) is 0 Å². The topological polar surface area (TPSA) is 76.7 Å². The van der Waals surface area contributed by atoms with E-state index in [9.17, 15) is 9.59 Å². The quantitative estimate of drug-likeness (QED) is 0.371. The first kappa shape index (κ1) is 21.6. The lowest BCUT2D eigenvalue weighted by atomic mass is 10.1. The smallest absolute Gasteiger partial charge is 0.259 e. The Bertz CT molecular complexity index is 1250. The van der Waals surface area contributed by atoms with Crippen LogP contribution in [0.3, 0.4) is 0 Å². The number of hydrogen-bond donors (Lipinski definition) is 2. The summed E-state index contributed by atoms with van der Waals surface area (Å²) < 4.78 is 11.0. The van der Waals surface area contributed by atoms with Gasteiger partial charge in [-0.05, 0) is 60.7 Å². The van der Waals surface area contributed by atoms with Crippen molar-refractivity contribution in [3.63, 3.8) is 0 Å². The molecule has 33 heavy (non-hydrogen) atoms. The highest BCUT2D eigenvalue weighted by molar-refractivity contribution is 6.13. The van der Waals surface area contributed by atoms with Crippen molar-refractivity contribution in [2.45, 2.75) is 0 Å². The summed E-state index contributed by atoms with van der Waals surface area (Å²) in [5.74, 6) is 1.01. The zero-order chi connectivity index (χ0) is 23.0. The van der Waals surface area contributed by atoms with Gasteiger partial charge in [0.05, 0.1) is 23.9 Å². The van der Waals surface area contributed by atoms with Gasteiger partial charge in [-0.25, -0.2) is 0 Å². The van der Waals surface area contributed by atoms with Gasteiger partial charge in [0.1, 0.15) is 17.2 Å². The monoisotopic (exact) mass is 438 g/mol. The number of carbonyl (C=O) groups is 2. The molecule has 0 atom stereocenters. The summed E-state index contributed by atoms with van der Waals surface area (Å²) in [6, 6.07) is 30.0. The molecule has 0 radical (unpaired) electrons. The van der Waals surface area contributed by atoms with Crippen molar-refractivity contribution >= 4 is 23.2 Å². The van der Waals surface area contributed by atoms with Gasteiger partial charge in [0.25, 0.3) is 11.8 Å². The van der Waals surface area contributed by atoms with Crippen LogP contribution >= 0.6 is 0 Å². The molecule has 0 fully saturated rings. The van der Waals surface area contributed by atoms with E-state index in [2.05, 4.69) is 10.6 Å². The van der Waals surface area contributed by atoms with E-state index in [-0.39, 0.29) is 11.8 Å². The Balaban J connectivity index is 1.53. The van der Waals surface area contributed by atoms with E-state index in [1.54, 1.807) is 79.9 Å². The number of carbonyl (C=O) groups excluding carboxylic acids is 2. The van der Waals surface area contributed by atoms with Crippen LogP contribution in [0.1, 0.15) is 20.7 Å². The first-order valence-corrected chi connectivity index (χ1v) is 10.3. The van der Waals surface area contributed by atoms with Gasteiger partial charge >= 0.3 is 0 Å². The van der Waals surface area contributed by atoms with Gasteiger partial charge in [0.2, 0.25) is 0 Å². The van der Waals surface area contributed by atoms with E-state index in [1.807, 2.05) is 30.3 Å². The molecule has 0 aliphatic heterocycles. The third-order valence-corrected chi connectivity index (χ3v) is 4.87. The molecule has 0 spiro atoms. The minimum absolute atomic E-state index is 0.336. The zero-order valence-corrected chi connectivity index (χ0v) is 17.9. The third-order valence-electron chi connectivity index (χ3n) is 4.87. The van der Waals surface area contributed by atoms with E-state index in [4.69, 9.17) is 9.47 Å². The molecule has 4 rings (SSSR count). The first-order chi connectivity index (χ1) is 16.1. The molecule has 164 valence electrons. The largest absolute Gasteiger partial charge is 0.497 e. The summed E-state index contributed by atoms with van der Waals surface area (Å²) in [4.78, 5) is 26.0. The number of amides is 2. The minimum atomic E-state index is -0.383. The number of hydrogen-bond acceptors (Lipinski definition) is 4. The molecule has 0 saturated heterocycles. The molecule has 6 heteroatoms. The number of methoxy groups -OCH3 is 1. The number of ether oxygens (including phenoxy) is 2. The molecule has 0 aliphatic rings. The predicted octanol–water partition coefficient (Wildman–Crippen LogP) is 5.99. The van der Waals surface area contributed by atoms with Crippen molar-refractivity contribution in [3.05, 3.63) is 114 Å². The predicted molar refractivity (Wildman–Crippen MR) is 128 cm³/mol. The number of anilines is 2. The molecule has 0 aliphatic carbocycles. The molecule has 0 bridgehead atoms. The summed E-state index contributed by atoms with van der Waals surface area (Å²) in [6.07, 6.45) is 0. The van der Waals surface area contributed by atoms with Crippen LogP contribution in [0.25, 0.3) is 0 Å². The second kappa shape index (κ2) is 10.2. The number of benzene rings is 4. The van der Waals surface area contributed by atoms with Gasteiger partial charge in [-0.15, -0.1) is 0 Å². The van der Waals surface area contributed by atoms with Crippen molar-refractivity contribution in [3.8, 4) is 17.2 Å². The molecule has 0 saturated carbocycles.